The fourth-order valence-corrected chi connectivity index (χ4v) is 1.47. The number of nitrogens with two attached hydrogens (primary N) is 1. The summed E-state index contributed by atoms with van der Waals surface area (Å²) in [5.41, 5.74) is 7.09. The highest BCUT2D eigenvalue weighted by Gasteiger charge is 2.08. The molecule has 0 aliphatic heterocycles. The lowest BCUT2D eigenvalue weighted by molar-refractivity contribution is 0.602. The zero-order valence-corrected chi connectivity index (χ0v) is 9.72. The zero-order valence-electron chi connectivity index (χ0n) is 8.21. The third-order valence-corrected chi connectivity index (χ3v) is 2.85. The Balaban J connectivity index is 2.42. The van der Waals surface area contributed by atoms with Crippen LogP contribution < -0.4 is 5.73 Å². The Hall–Kier alpha value is -0.240. The van der Waals surface area contributed by atoms with Gasteiger partial charge in [0.2, 0.25) is 0 Å². The third kappa shape index (κ3) is 3.87. The van der Waals surface area contributed by atoms with Gasteiger partial charge in [-0.2, -0.15) is 0 Å². The molecule has 3 heteroatoms. The Morgan fingerprint density at radius 2 is 1.86 bits per heavy atom. The highest BCUT2D eigenvalue weighted by atomic mass is 35.5. The average Bonchev–Trinajstić information content (AvgIpc) is 2.16. The maximum atomic E-state index is 5.87. The Morgan fingerprint density at radius 1 is 1.29 bits per heavy atom. The second-order valence-electron chi connectivity index (χ2n) is 3.51. The van der Waals surface area contributed by atoms with Crippen LogP contribution in [0.5, 0.6) is 0 Å². The third-order valence-electron chi connectivity index (χ3n) is 2.27. The second-order valence-corrected chi connectivity index (χ2v) is 4.63. The molecule has 0 aliphatic carbocycles. The molecule has 0 radical (unpaired) electrons. The van der Waals surface area contributed by atoms with Gasteiger partial charge in [0.15, 0.2) is 0 Å². The van der Waals surface area contributed by atoms with E-state index in [-0.39, 0.29) is 11.4 Å². The first-order valence-corrected chi connectivity index (χ1v) is 5.55. The van der Waals surface area contributed by atoms with Crippen molar-refractivity contribution in [3.05, 3.63) is 34.9 Å². The topological polar surface area (TPSA) is 26.0 Å². The minimum Gasteiger partial charge on any atom is -0.326 e. The standard InChI is InChI=1S/C11H15Cl2N/c1-8(12)11(14)7-4-9-2-5-10(13)6-3-9/h2-3,5-6,8,11H,4,7,14H2,1H3. The molecule has 0 amide bonds. The van der Waals surface area contributed by atoms with Crippen LogP contribution in [0.4, 0.5) is 0 Å². The highest BCUT2D eigenvalue weighted by molar-refractivity contribution is 6.30. The number of benzene rings is 1. The molecule has 2 atom stereocenters. The zero-order chi connectivity index (χ0) is 10.6. The van der Waals surface area contributed by atoms with Crippen molar-refractivity contribution in [1.82, 2.24) is 0 Å². The summed E-state index contributed by atoms with van der Waals surface area (Å²) in [7, 11) is 0. The molecule has 1 aromatic rings. The smallest absolute Gasteiger partial charge is 0.0459 e. The van der Waals surface area contributed by atoms with Crippen LogP contribution in [0.1, 0.15) is 18.9 Å². The molecule has 14 heavy (non-hydrogen) atoms. The van der Waals surface area contributed by atoms with Crippen LogP contribution in [-0.2, 0) is 6.42 Å². The molecule has 1 nitrogen and oxygen atoms in total. The van der Waals surface area contributed by atoms with E-state index in [9.17, 15) is 0 Å². The van der Waals surface area contributed by atoms with E-state index in [1.165, 1.54) is 5.56 Å². The molecular formula is C11H15Cl2N. The molecule has 1 aromatic carbocycles. The van der Waals surface area contributed by atoms with Crippen molar-refractivity contribution in [2.75, 3.05) is 0 Å². The summed E-state index contributed by atoms with van der Waals surface area (Å²) in [5.74, 6) is 0. The first kappa shape index (κ1) is 11.8. The van der Waals surface area contributed by atoms with Crippen molar-refractivity contribution in [2.45, 2.75) is 31.2 Å². The van der Waals surface area contributed by atoms with E-state index < -0.39 is 0 Å². The minimum atomic E-state index is 0.0299. The quantitative estimate of drug-likeness (QED) is 0.792. The summed E-state index contributed by atoms with van der Waals surface area (Å²) in [6.07, 6.45) is 1.86. The van der Waals surface area contributed by atoms with E-state index in [0.29, 0.717) is 0 Å². The van der Waals surface area contributed by atoms with E-state index in [2.05, 4.69) is 0 Å². The van der Waals surface area contributed by atoms with Gasteiger partial charge >= 0.3 is 0 Å². The van der Waals surface area contributed by atoms with Gasteiger partial charge < -0.3 is 5.73 Å². The first-order valence-electron chi connectivity index (χ1n) is 4.73. The van der Waals surface area contributed by atoms with E-state index in [4.69, 9.17) is 28.9 Å². The van der Waals surface area contributed by atoms with Crippen molar-refractivity contribution in [1.29, 1.82) is 0 Å². The Kier molecular flexibility index (Phi) is 4.73. The second kappa shape index (κ2) is 5.59. The van der Waals surface area contributed by atoms with Gasteiger partial charge in [-0.05, 0) is 37.5 Å². The Labute approximate surface area is 95.2 Å². The van der Waals surface area contributed by atoms with Crippen LogP contribution in [-0.4, -0.2) is 11.4 Å². The molecule has 0 fully saturated rings. The lowest BCUT2D eigenvalue weighted by Crippen LogP contribution is -2.29. The summed E-state index contributed by atoms with van der Waals surface area (Å²) in [4.78, 5) is 0. The van der Waals surface area contributed by atoms with Crippen LogP contribution in [0, 0.1) is 0 Å². The fourth-order valence-electron chi connectivity index (χ4n) is 1.21. The van der Waals surface area contributed by atoms with Crippen LogP contribution in [0.15, 0.2) is 24.3 Å². The maximum Gasteiger partial charge on any atom is 0.0459 e. The summed E-state index contributed by atoms with van der Waals surface area (Å²) in [5, 5.41) is 0.797. The van der Waals surface area contributed by atoms with E-state index in [1.807, 2.05) is 31.2 Å². The van der Waals surface area contributed by atoms with Gasteiger partial charge in [0, 0.05) is 16.4 Å². The summed E-state index contributed by atoms with van der Waals surface area (Å²) < 4.78 is 0. The Morgan fingerprint density at radius 3 is 2.36 bits per heavy atom. The highest BCUT2D eigenvalue weighted by Crippen LogP contribution is 2.13. The van der Waals surface area contributed by atoms with E-state index >= 15 is 0 Å². The van der Waals surface area contributed by atoms with Gasteiger partial charge in [0.05, 0.1) is 0 Å². The molecule has 2 unspecified atom stereocenters. The van der Waals surface area contributed by atoms with Gasteiger partial charge in [0.25, 0.3) is 0 Å². The summed E-state index contributed by atoms with van der Waals surface area (Å²) in [6.45, 7) is 1.92. The molecule has 0 spiro atoms. The van der Waals surface area contributed by atoms with E-state index in [1.54, 1.807) is 0 Å². The lowest BCUT2D eigenvalue weighted by atomic mass is 10.0. The van der Waals surface area contributed by atoms with Crippen LogP contribution in [0.2, 0.25) is 5.02 Å². The van der Waals surface area contributed by atoms with Crippen molar-refractivity contribution < 1.29 is 0 Å². The molecule has 78 valence electrons. The average molecular weight is 232 g/mol. The molecule has 0 aliphatic rings. The fraction of sp³-hybridized carbons (Fsp3) is 0.455. The number of halogens is 2. The molecule has 0 bridgehead atoms. The van der Waals surface area contributed by atoms with Gasteiger partial charge in [-0.1, -0.05) is 23.7 Å². The van der Waals surface area contributed by atoms with Crippen molar-refractivity contribution in [3.8, 4) is 0 Å². The minimum absolute atomic E-state index is 0.0299. The monoisotopic (exact) mass is 231 g/mol. The number of hydrogen-bond donors (Lipinski definition) is 1. The lowest BCUT2D eigenvalue weighted by Gasteiger charge is -2.13. The van der Waals surface area contributed by atoms with Crippen LogP contribution in [0.3, 0.4) is 0 Å². The van der Waals surface area contributed by atoms with Gasteiger partial charge in [-0.3, -0.25) is 0 Å². The summed E-state index contributed by atoms with van der Waals surface area (Å²) in [6, 6.07) is 7.90. The summed E-state index contributed by atoms with van der Waals surface area (Å²) >= 11 is 11.7. The predicted octanol–water partition coefficient (Wildman–Crippen LogP) is 3.23. The first-order chi connectivity index (χ1) is 6.59. The van der Waals surface area contributed by atoms with Crippen molar-refractivity contribution >= 4 is 23.2 Å². The molecule has 2 N–H and O–H groups in total. The maximum absolute atomic E-state index is 5.87. The van der Waals surface area contributed by atoms with Gasteiger partial charge in [-0.15, -0.1) is 11.6 Å². The SMILES string of the molecule is CC(Cl)C(N)CCc1ccc(Cl)cc1. The van der Waals surface area contributed by atoms with E-state index in [0.717, 1.165) is 17.9 Å². The predicted molar refractivity (Wildman–Crippen MR) is 63.1 cm³/mol. The molecule has 0 saturated heterocycles. The molecule has 1 rings (SSSR count). The molecule has 0 saturated carbocycles. The van der Waals surface area contributed by atoms with Crippen molar-refractivity contribution in [2.24, 2.45) is 5.73 Å². The van der Waals surface area contributed by atoms with Crippen LogP contribution in [0.25, 0.3) is 0 Å². The number of hydrogen-bond acceptors (Lipinski definition) is 1. The Bertz CT molecular complexity index is 269. The molecular weight excluding hydrogens is 217 g/mol. The molecule has 0 heterocycles. The number of rotatable bonds is 4. The van der Waals surface area contributed by atoms with Crippen LogP contribution >= 0.6 is 23.2 Å². The van der Waals surface area contributed by atoms with Gasteiger partial charge in [0.1, 0.15) is 0 Å². The number of aryl methyl sites for hydroxylation is 1. The number of alkyl halides is 1. The van der Waals surface area contributed by atoms with Crippen molar-refractivity contribution in [3.63, 3.8) is 0 Å². The normalized spacial score (nSPS) is 15.1. The molecule has 0 aromatic heterocycles. The van der Waals surface area contributed by atoms with Gasteiger partial charge in [-0.25, -0.2) is 0 Å². The largest absolute Gasteiger partial charge is 0.326 e.